The number of rotatable bonds is 4. The molecule has 0 radical (unpaired) electrons. The normalized spacial score (nSPS) is 10.5. The van der Waals surface area contributed by atoms with Crippen molar-refractivity contribution in [3.8, 4) is 0 Å². The van der Waals surface area contributed by atoms with Gasteiger partial charge in [0.1, 0.15) is 0 Å². The molecule has 0 spiro atoms. The summed E-state index contributed by atoms with van der Waals surface area (Å²) in [6.45, 7) is 1.43. The van der Waals surface area contributed by atoms with Crippen LogP contribution < -0.4 is 5.32 Å². The topological polar surface area (TPSA) is 94.1 Å². The SMILES string of the molecule is Cc1noc(CNc2c([N+](=O)[O-])ccc(F)c2F)n1. The molecule has 0 saturated carbocycles. The minimum absolute atomic E-state index is 0.107. The fraction of sp³-hybridized carbons (Fsp3) is 0.200. The molecule has 0 aliphatic heterocycles. The van der Waals surface area contributed by atoms with Crippen LogP contribution >= 0.6 is 0 Å². The molecule has 1 N–H and O–H groups in total. The molecule has 1 aromatic heterocycles. The van der Waals surface area contributed by atoms with Crippen molar-refractivity contribution in [2.45, 2.75) is 13.5 Å². The molecule has 0 fully saturated rings. The predicted molar refractivity (Wildman–Crippen MR) is 59.4 cm³/mol. The zero-order chi connectivity index (χ0) is 14.0. The van der Waals surface area contributed by atoms with E-state index in [9.17, 15) is 18.9 Å². The van der Waals surface area contributed by atoms with Crippen LogP contribution in [0.3, 0.4) is 0 Å². The Labute approximate surface area is 105 Å². The van der Waals surface area contributed by atoms with Crippen LogP contribution in [0.2, 0.25) is 0 Å². The highest BCUT2D eigenvalue weighted by molar-refractivity contribution is 5.62. The Kier molecular flexibility index (Phi) is 3.36. The van der Waals surface area contributed by atoms with Gasteiger partial charge in [0, 0.05) is 6.07 Å². The molecular formula is C10H8F2N4O3. The van der Waals surface area contributed by atoms with Gasteiger partial charge in [0.25, 0.3) is 5.69 Å². The third kappa shape index (κ3) is 2.64. The zero-order valence-corrected chi connectivity index (χ0v) is 9.68. The van der Waals surface area contributed by atoms with E-state index in [1.165, 1.54) is 0 Å². The van der Waals surface area contributed by atoms with Gasteiger partial charge >= 0.3 is 0 Å². The van der Waals surface area contributed by atoms with Crippen LogP contribution in [0.15, 0.2) is 16.7 Å². The number of nitro groups is 1. The van der Waals surface area contributed by atoms with Crippen LogP contribution in [-0.4, -0.2) is 15.1 Å². The lowest BCUT2D eigenvalue weighted by molar-refractivity contribution is -0.384. The second-order valence-corrected chi connectivity index (χ2v) is 3.60. The Morgan fingerprint density at radius 3 is 2.79 bits per heavy atom. The quantitative estimate of drug-likeness (QED) is 0.675. The molecule has 9 heteroatoms. The number of anilines is 1. The van der Waals surface area contributed by atoms with Gasteiger partial charge in [-0.3, -0.25) is 10.1 Å². The van der Waals surface area contributed by atoms with Gasteiger partial charge in [0.05, 0.1) is 11.5 Å². The van der Waals surface area contributed by atoms with Gasteiger partial charge in [0.2, 0.25) is 5.89 Å². The van der Waals surface area contributed by atoms with Crippen LogP contribution in [0.5, 0.6) is 0 Å². The van der Waals surface area contributed by atoms with E-state index in [2.05, 4.69) is 15.5 Å². The van der Waals surface area contributed by atoms with Crippen molar-refractivity contribution in [1.82, 2.24) is 10.1 Å². The van der Waals surface area contributed by atoms with Gasteiger partial charge in [-0.15, -0.1) is 0 Å². The van der Waals surface area contributed by atoms with Crippen LogP contribution in [0.1, 0.15) is 11.7 Å². The summed E-state index contributed by atoms with van der Waals surface area (Å²) in [5, 5.41) is 16.6. The maximum atomic E-state index is 13.5. The summed E-state index contributed by atoms with van der Waals surface area (Å²) in [6, 6.07) is 1.56. The van der Waals surface area contributed by atoms with Crippen LogP contribution in [0, 0.1) is 28.7 Å². The molecule has 0 unspecified atom stereocenters. The van der Waals surface area contributed by atoms with E-state index in [0.29, 0.717) is 11.9 Å². The van der Waals surface area contributed by atoms with Gasteiger partial charge < -0.3 is 9.84 Å². The third-order valence-electron chi connectivity index (χ3n) is 2.26. The second-order valence-electron chi connectivity index (χ2n) is 3.60. The first-order valence-electron chi connectivity index (χ1n) is 5.14. The predicted octanol–water partition coefficient (Wildman–Crippen LogP) is 2.18. The highest BCUT2D eigenvalue weighted by Crippen LogP contribution is 2.29. The molecule has 0 atom stereocenters. The van der Waals surface area contributed by atoms with Gasteiger partial charge in [-0.25, -0.2) is 8.78 Å². The second kappa shape index (κ2) is 4.96. The largest absolute Gasteiger partial charge is 0.368 e. The number of halogens is 2. The number of nitro benzene ring substituents is 1. The average molecular weight is 270 g/mol. The third-order valence-corrected chi connectivity index (χ3v) is 2.26. The summed E-state index contributed by atoms with van der Waals surface area (Å²) >= 11 is 0. The zero-order valence-electron chi connectivity index (χ0n) is 9.68. The van der Waals surface area contributed by atoms with Crippen LogP contribution in [0.4, 0.5) is 20.2 Å². The fourth-order valence-electron chi connectivity index (χ4n) is 1.44. The summed E-state index contributed by atoms with van der Waals surface area (Å²) in [5.74, 6) is -2.04. The Morgan fingerprint density at radius 2 is 2.21 bits per heavy atom. The highest BCUT2D eigenvalue weighted by atomic mass is 19.2. The van der Waals surface area contributed by atoms with Gasteiger partial charge in [-0.05, 0) is 13.0 Å². The Hall–Kier alpha value is -2.58. The van der Waals surface area contributed by atoms with E-state index in [0.717, 1.165) is 6.07 Å². The standard InChI is InChI=1S/C10H8F2N4O3/c1-5-14-8(19-15-5)4-13-10-7(16(17)18)3-2-6(11)9(10)12/h2-3,13H,4H2,1H3. The molecule has 0 aliphatic rings. The van der Waals surface area contributed by atoms with E-state index in [-0.39, 0.29) is 12.4 Å². The molecule has 7 nitrogen and oxygen atoms in total. The van der Waals surface area contributed by atoms with Crippen molar-refractivity contribution in [3.05, 3.63) is 45.6 Å². The summed E-state index contributed by atoms with van der Waals surface area (Å²) in [4.78, 5) is 13.7. The summed E-state index contributed by atoms with van der Waals surface area (Å²) in [5.41, 5.74) is -1.13. The minimum atomic E-state index is -1.33. The Morgan fingerprint density at radius 1 is 1.47 bits per heavy atom. The lowest BCUT2D eigenvalue weighted by Gasteiger charge is -2.06. The van der Waals surface area contributed by atoms with E-state index in [1.54, 1.807) is 6.92 Å². The van der Waals surface area contributed by atoms with Crippen LogP contribution in [-0.2, 0) is 6.54 Å². The van der Waals surface area contributed by atoms with Crippen molar-refractivity contribution in [1.29, 1.82) is 0 Å². The maximum absolute atomic E-state index is 13.5. The molecule has 2 rings (SSSR count). The number of aromatic nitrogens is 2. The first kappa shape index (κ1) is 12.9. The van der Waals surface area contributed by atoms with Crippen molar-refractivity contribution < 1.29 is 18.2 Å². The Balaban J connectivity index is 2.28. The Bertz CT molecular complexity index is 629. The smallest absolute Gasteiger partial charge is 0.295 e. The molecule has 0 amide bonds. The number of nitrogens with zero attached hydrogens (tertiary/aromatic N) is 3. The monoisotopic (exact) mass is 270 g/mol. The molecule has 0 saturated heterocycles. The number of hydrogen-bond donors (Lipinski definition) is 1. The lowest BCUT2D eigenvalue weighted by Crippen LogP contribution is -2.06. The van der Waals surface area contributed by atoms with Crippen molar-refractivity contribution in [2.75, 3.05) is 5.32 Å². The molecule has 100 valence electrons. The van der Waals surface area contributed by atoms with E-state index in [1.807, 2.05) is 0 Å². The molecular weight excluding hydrogens is 262 g/mol. The molecule has 1 aromatic carbocycles. The molecule has 19 heavy (non-hydrogen) atoms. The number of nitrogens with one attached hydrogen (secondary N) is 1. The number of hydrogen-bond acceptors (Lipinski definition) is 6. The van der Waals surface area contributed by atoms with E-state index >= 15 is 0 Å². The van der Waals surface area contributed by atoms with Crippen molar-refractivity contribution in [3.63, 3.8) is 0 Å². The first-order chi connectivity index (χ1) is 8.99. The molecule has 0 bridgehead atoms. The highest BCUT2D eigenvalue weighted by Gasteiger charge is 2.21. The summed E-state index contributed by atoms with van der Waals surface area (Å²) in [7, 11) is 0. The maximum Gasteiger partial charge on any atom is 0.295 e. The average Bonchev–Trinajstić information content (AvgIpc) is 2.76. The van der Waals surface area contributed by atoms with Crippen molar-refractivity contribution in [2.24, 2.45) is 0 Å². The minimum Gasteiger partial charge on any atom is -0.368 e. The fourth-order valence-corrected chi connectivity index (χ4v) is 1.44. The summed E-state index contributed by atoms with van der Waals surface area (Å²) in [6.07, 6.45) is 0. The summed E-state index contributed by atoms with van der Waals surface area (Å²) < 4.78 is 31.3. The van der Waals surface area contributed by atoms with Crippen LogP contribution in [0.25, 0.3) is 0 Å². The van der Waals surface area contributed by atoms with Gasteiger partial charge in [-0.1, -0.05) is 5.16 Å². The number of aryl methyl sites for hydroxylation is 1. The molecule has 1 heterocycles. The van der Waals surface area contributed by atoms with Gasteiger partial charge in [-0.2, -0.15) is 4.98 Å². The van der Waals surface area contributed by atoms with Gasteiger partial charge in [0.15, 0.2) is 23.1 Å². The number of benzene rings is 1. The van der Waals surface area contributed by atoms with E-state index in [4.69, 9.17) is 4.52 Å². The lowest BCUT2D eigenvalue weighted by atomic mass is 10.2. The molecule has 0 aliphatic carbocycles. The van der Waals surface area contributed by atoms with Crippen molar-refractivity contribution >= 4 is 11.4 Å². The van der Waals surface area contributed by atoms with E-state index < -0.39 is 27.9 Å². The first-order valence-corrected chi connectivity index (χ1v) is 5.14. The molecule has 2 aromatic rings.